The number of aromatic nitrogens is 2. The van der Waals surface area contributed by atoms with Crippen LogP contribution in [0.1, 0.15) is 24.2 Å². The molecule has 1 aromatic heterocycles. The van der Waals surface area contributed by atoms with Crippen molar-refractivity contribution in [3.8, 4) is 0 Å². The van der Waals surface area contributed by atoms with E-state index >= 15 is 0 Å². The predicted molar refractivity (Wildman–Crippen MR) is 92.2 cm³/mol. The summed E-state index contributed by atoms with van der Waals surface area (Å²) >= 11 is 0. The standard InChI is InChI=1S/C18H20N4O3/c23-17(24)14-7-4-10-22(12-14)18(25)21-15-8-9-19-16(20-15)11-13-5-2-1-3-6-13/h1-3,5-6,8-9,14H,4,7,10-12H2,(H,23,24)(H,19,20,21,25)/t14-/m1/s1. The Labute approximate surface area is 145 Å². The van der Waals surface area contributed by atoms with Gasteiger partial charge in [0, 0.05) is 25.7 Å². The third-order valence-corrected chi connectivity index (χ3v) is 4.20. The third-order valence-electron chi connectivity index (χ3n) is 4.20. The highest BCUT2D eigenvalue weighted by Gasteiger charge is 2.28. The number of urea groups is 1. The number of nitrogens with one attached hydrogen (secondary N) is 1. The van der Waals surface area contributed by atoms with Crippen molar-refractivity contribution in [1.29, 1.82) is 0 Å². The number of piperidine rings is 1. The molecule has 2 amide bonds. The minimum absolute atomic E-state index is 0.225. The number of carbonyl (C=O) groups excluding carboxylic acids is 1. The van der Waals surface area contributed by atoms with Crippen LogP contribution in [0, 0.1) is 5.92 Å². The minimum Gasteiger partial charge on any atom is -0.481 e. The molecule has 1 aliphatic rings. The van der Waals surface area contributed by atoms with Gasteiger partial charge in [0.2, 0.25) is 0 Å². The summed E-state index contributed by atoms with van der Waals surface area (Å²) in [4.78, 5) is 33.6. The van der Waals surface area contributed by atoms with Gasteiger partial charge >= 0.3 is 12.0 Å². The number of amides is 2. The van der Waals surface area contributed by atoms with E-state index in [9.17, 15) is 9.59 Å². The highest BCUT2D eigenvalue weighted by Crippen LogP contribution is 2.17. The molecule has 1 saturated heterocycles. The van der Waals surface area contributed by atoms with Crippen molar-refractivity contribution in [3.05, 3.63) is 54.0 Å². The van der Waals surface area contributed by atoms with Gasteiger partial charge in [0.25, 0.3) is 0 Å². The number of nitrogens with zero attached hydrogens (tertiary/aromatic N) is 3. The van der Waals surface area contributed by atoms with Crippen LogP contribution in [0.5, 0.6) is 0 Å². The van der Waals surface area contributed by atoms with Crippen LogP contribution in [-0.2, 0) is 11.2 Å². The Morgan fingerprint density at radius 2 is 2.04 bits per heavy atom. The quantitative estimate of drug-likeness (QED) is 0.891. The summed E-state index contributed by atoms with van der Waals surface area (Å²) in [5.74, 6) is -0.322. The van der Waals surface area contributed by atoms with E-state index in [1.54, 1.807) is 12.3 Å². The smallest absolute Gasteiger partial charge is 0.323 e. The van der Waals surface area contributed by atoms with Crippen molar-refractivity contribution in [3.63, 3.8) is 0 Å². The average Bonchev–Trinajstić information content (AvgIpc) is 2.63. The zero-order valence-corrected chi connectivity index (χ0v) is 13.8. The summed E-state index contributed by atoms with van der Waals surface area (Å²) in [7, 11) is 0. The van der Waals surface area contributed by atoms with Crippen molar-refractivity contribution in [1.82, 2.24) is 14.9 Å². The number of carbonyl (C=O) groups is 2. The number of aliphatic carboxylic acids is 1. The van der Waals surface area contributed by atoms with Gasteiger partial charge in [0.05, 0.1) is 5.92 Å². The first-order chi connectivity index (χ1) is 12.1. The fourth-order valence-corrected chi connectivity index (χ4v) is 2.88. The van der Waals surface area contributed by atoms with Crippen LogP contribution in [-0.4, -0.2) is 45.1 Å². The SMILES string of the molecule is O=C(O)[C@@H]1CCCN(C(=O)Nc2ccnc(Cc3ccccc3)n2)C1. The average molecular weight is 340 g/mol. The van der Waals surface area contributed by atoms with Crippen molar-refractivity contribution in [2.45, 2.75) is 19.3 Å². The molecule has 2 heterocycles. The maximum absolute atomic E-state index is 12.4. The third kappa shape index (κ3) is 4.53. The molecule has 2 aromatic rings. The number of carboxylic acids is 1. The fourth-order valence-electron chi connectivity index (χ4n) is 2.88. The highest BCUT2D eigenvalue weighted by molar-refractivity contribution is 5.88. The van der Waals surface area contributed by atoms with E-state index in [0.29, 0.717) is 37.4 Å². The molecule has 25 heavy (non-hydrogen) atoms. The van der Waals surface area contributed by atoms with Gasteiger partial charge in [-0.15, -0.1) is 0 Å². The van der Waals surface area contributed by atoms with Crippen LogP contribution < -0.4 is 5.32 Å². The Kier molecular flexibility index (Phi) is 5.23. The molecule has 1 fully saturated rings. The van der Waals surface area contributed by atoms with E-state index in [0.717, 1.165) is 5.56 Å². The van der Waals surface area contributed by atoms with Crippen LogP contribution in [0.4, 0.5) is 10.6 Å². The lowest BCUT2D eigenvalue weighted by Gasteiger charge is -2.30. The summed E-state index contributed by atoms with van der Waals surface area (Å²) in [6.45, 7) is 0.778. The van der Waals surface area contributed by atoms with Gasteiger partial charge < -0.3 is 10.0 Å². The lowest BCUT2D eigenvalue weighted by atomic mass is 9.99. The first-order valence-electron chi connectivity index (χ1n) is 8.26. The van der Waals surface area contributed by atoms with E-state index in [1.165, 1.54) is 4.90 Å². The Bertz CT molecular complexity index is 751. The molecule has 1 atom stereocenters. The molecule has 2 N–H and O–H groups in total. The first kappa shape index (κ1) is 16.9. The van der Waals surface area contributed by atoms with E-state index in [4.69, 9.17) is 5.11 Å². The molecule has 0 unspecified atom stereocenters. The summed E-state index contributed by atoms with van der Waals surface area (Å²) in [5, 5.41) is 11.9. The van der Waals surface area contributed by atoms with Gasteiger partial charge in [-0.05, 0) is 24.5 Å². The van der Waals surface area contributed by atoms with Crippen LogP contribution >= 0.6 is 0 Å². The van der Waals surface area contributed by atoms with Crippen molar-refractivity contribution >= 4 is 17.8 Å². The molecular weight excluding hydrogens is 320 g/mol. The second-order valence-electron chi connectivity index (χ2n) is 6.07. The number of anilines is 1. The lowest BCUT2D eigenvalue weighted by molar-refractivity contribution is -0.143. The summed E-state index contributed by atoms with van der Waals surface area (Å²) in [6, 6.07) is 11.2. The van der Waals surface area contributed by atoms with Gasteiger partial charge in [-0.3, -0.25) is 10.1 Å². The minimum atomic E-state index is -0.857. The molecule has 7 heteroatoms. The van der Waals surface area contributed by atoms with E-state index in [2.05, 4.69) is 15.3 Å². The number of likely N-dealkylation sites (tertiary alicyclic amines) is 1. The molecular formula is C18H20N4O3. The van der Waals surface area contributed by atoms with Crippen LogP contribution in [0.15, 0.2) is 42.6 Å². The molecule has 0 radical (unpaired) electrons. The van der Waals surface area contributed by atoms with E-state index in [1.807, 2.05) is 30.3 Å². The van der Waals surface area contributed by atoms with Gasteiger partial charge in [-0.25, -0.2) is 14.8 Å². The van der Waals surface area contributed by atoms with Gasteiger partial charge in [0.15, 0.2) is 0 Å². The molecule has 3 rings (SSSR count). The largest absolute Gasteiger partial charge is 0.481 e. The molecule has 1 aromatic carbocycles. The van der Waals surface area contributed by atoms with Gasteiger partial charge in [-0.2, -0.15) is 0 Å². The summed E-state index contributed by atoms with van der Waals surface area (Å²) in [6.07, 6.45) is 3.48. The zero-order valence-electron chi connectivity index (χ0n) is 13.8. The van der Waals surface area contributed by atoms with Gasteiger partial charge in [-0.1, -0.05) is 30.3 Å². The maximum atomic E-state index is 12.4. The van der Waals surface area contributed by atoms with Crippen molar-refractivity contribution in [2.24, 2.45) is 5.92 Å². The number of hydrogen-bond acceptors (Lipinski definition) is 4. The lowest BCUT2D eigenvalue weighted by Crippen LogP contribution is -2.44. The van der Waals surface area contributed by atoms with Crippen LogP contribution in [0.25, 0.3) is 0 Å². The van der Waals surface area contributed by atoms with E-state index in [-0.39, 0.29) is 12.6 Å². The number of carboxylic acid groups (broad SMARTS) is 1. The van der Waals surface area contributed by atoms with Gasteiger partial charge in [0.1, 0.15) is 11.6 Å². The second-order valence-corrected chi connectivity index (χ2v) is 6.07. The normalized spacial score (nSPS) is 17.1. The Hall–Kier alpha value is -2.96. The monoisotopic (exact) mass is 340 g/mol. The molecule has 0 saturated carbocycles. The Balaban J connectivity index is 1.63. The number of benzene rings is 1. The maximum Gasteiger partial charge on any atom is 0.323 e. The predicted octanol–water partition coefficient (Wildman–Crippen LogP) is 2.40. The number of hydrogen-bond donors (Lipinski definition) is 2. The topological polar surface area (TPSA) is 95.4 Å². The molecule has 1 aliphatic heterocycles. The molecule has 0 spiro atoms. The highest BCUT2D eigenvalue weighted by atomic mass is 16.4. The second kappa shape index (κ2) is 7.74. The van der Waals surface area contributed by atoms with Crippen LogP contribution in [0.2, 0.25) is 0 Å². The summed E-state index contributed by atoms with van der Waals surface area (Å²) in [5.41, 5.74) is 1.09. The summed E-state index contributed by atoms with van der Waals surface area (Å²) < 4.78 is 0. The van der Waals surface area contributed by atoms with E-state index < -0.39 is 11.9 Å². The van der Waals surface area contributed by atoms with Crippen molar-refractivity contribution in [2.75, 3.05) is 18.4 Å². The first-order valence-corrected chi connectivity index (χ1v) is 8.26. The Morgan fingerprint density at radius 3 is 2.80 bits per heavy atom. The molecule has 0 aliphatic carbocycles. The van der Waals surface area contributed by atoms with Crippen molar-refractivity contribution < 1.29 is 14.7 Å². The molecule has 130 valence electrons. The van der Waals surface area contributed by atoms with Crippen LogP contribution in [0.3, 0.4) is 0 Å². The zero-order chi connectivity index (χ0) is 17.6. The molecule has 7 nitrogen and oxygen atoms in total. The number of rotatable bonds is 4. The fraction of sp³-hybridized carbons (Fsp3) is 0.333. The molecule has 0 bridgehead atoms. The Morgan fingerprint density at radius 1 is 1.24 bits per heavy atom.